The molecule has 7 heteroatoms. The van der Waals surface area contributed by atoms with Gasteiger partial charge in [-0.05, 0) is 35.9 Å². The van der Waals surface area contributed by atoms with Gasteiger partial charge in [-0.15, -0.1) is 23.4 Å². The Balaban J connectivity index is 2.05. The molecule has 0 saturated heterocycles. The summed E-state index contributed by atoms with van der Waals surface area (Å²) in [5.41, 5.74) is 1.56. The number of aliphatic hydroxyl groups excluding tert-OH is 1. The number of alkyl halides is 1. The van der Waals surface area contributed by atoms with Gasteiger partial charge in [-0.3, -0.25) is 4.79 Å². The Labute approximate surface area is 160 Å². The van der Waals surface area contributed by atoms with Crippen molar-refractivity contribution in [2.45, 2.75) is 16.2 Å². The van der Waals surface area contributed by atoms with Crippen LogP contribution in [0.15, 0.2) is 47.4 Å². The maximum absolute atomic E-state index is 12.8. The lowest BCUT2D eigenvalue weighted by atomic mass is 10.1. The number of halogens is 2. The molecule has 0 fully saturated rings. The van der Waals surface area contributed by atoms with Crippen molar-refractivity contribution in [1.29, 1.82) is 0 Å². The molecule has 0 saturated carbocycles. The predicted octanol–water partition coefficient (Wildman–Crippen LogP) is 4.13. The summed E-state index contributed by atoms with van der Waals surface area (Å²) in [5, 5.41) is 10.8. The Morgan fingerprint density at radius 2 is 1.96 bits per heavy atom. The molecule has 1 N–H and O–H groups in total. The number of benzene rings is 2. The third-order valence-electron chi connectivity index (χ3n) is 4.02. The van der Waals surface area contributed by atoms with Crippen LogP contribution in [0.2, 0.25) is 5.02 Å². The SMILES string of the molecule is COc1ccc([C@@H]2Sc3cc(Cl)ccc3N(CCCl)C(=O)[C@@H]2O)cc1. The van der Waals surface area contributed by atoms with Crippen LogP contribution in [0.25, 0.3) is 0 Å². The van der Waals surface area contributed by atoms with Crippen LogP contribution in [0.1, 0.15) is 10.8 Å². The number of fused-ring (bicyclic) bond motifs is 1. The van der Waals surface area contributed by atoms with Crippen molar-refractivity contribution < 1.29 is 14.6 Å². The number of carbonyl (C=O) groups excluding carboxylic acids is 1. The lowest BCUT2D eigenvalue weighted by Crippen LogP contribution is -2.41. The van der Waals surface area contributed by atoms with Crippen LogP contribution in [0, 0.1) is 0 Å². The van der Waals surface area contributed by atoms with E-state index in [4.69, 9.17) is 27.9 Å². The van der Waals surface area contributed by atoms with Gasteiger partial charge in [0.15, 0.2) is 0 Å². The van der Waals surface area contributed by atoms with Gasteiger partial charge < -0.3 is 14.7 Å². The molecule has 0 unspecified atom stereocenters. The molecule has 1 amide bonds. The van der Waals surface area contributed by atoms with Crippen molar-refractivity contribution in [2.75, 3.05) is 24.4 Å². The Morgan fingerprint density at radius 1 is 1.24 bits per heavy atom. The molecule has 2 aromatic rings. The van der Waals surface area contributed by atoms with Crippen molar-refractivity contribution in [3.63, 3.8) is 0 Å². The number of anilines is 1. The standard InChI is InChI=1S/C18H17Cl2NO3S/c1-24-13-5-2-11(3-6-13)17-16(22)18(23)21(9-8-19)14-7-4-12(20)10-15(14)25-17/h2-7,10,16-17,22H,8-9H2,1H3/t16-,17+/m1/s1. The third-order valence-corrected chi connectivity index (χ3v) is 5.79. The van der Waals surface area contributed by atoms with Crippen molar-refractivity contribution >= 4 is 46.6 Å². The number of amides is 1. The minimum absolute atomic E-state index is 0.276. The molecule has 25 heavy (non-hydrogen) atoms. The van der Waals surface area contributed by atoms with E-state index in [1.165, 1.54) is 16.7 Å². The molecule has 1 aliphatic rings. The Hall–Kier alpha value is -1.40. The second-order valence-corrected chi connectivity index (χ2v) is 7.55. The lowest BCUT2D eigenvalue weighted by molar-refractivity contribution is -0.126. The molecule has 4 nitrogen and oxygen atoms in total. The number of carbonyl (C=O) groups is 1. The summed E-state index contributed by atoms with van der Waals surface area (Å²) >= 11 is 13.4. The maximum atomic E-state index is 12.8. The number of hydrogen-bond donors (Lipinski definition) is 1. The van der Waals surface area contributed by atoms with E-state index in [1.54, 1.807) is 19.2 Å². The summed E-state index contributed by atoms with van der Waals surface area (Å²) in [7, 11) is 1.59. The number of nitrogens with zero attached hydrogens (tertiary/aromatic N) is 1. The quantitative estimate of drug-likeness (QED) is 0.787. The molecule has 1 heterocycles. The zero-order valence-corrected chi connectivity index (χ0v) is 15.8. The summed E-state index contributed by atoms with van der Waals surface area (Å²) in [5.74, 6) is 0.628. The van der Waals surface area contributed by atoms with Crippen molar-refractivity contribution in [1.82, 2.24) is 0 Å². The van der Waals surface area contributed by atoms with Crippen LogP contribution in [0.4, 0.5) is 5.69 Å². The highest BCUT2D eigenvalue weighted by atomic mass is 35.5. The number of rotatable bonds is 4. The van der Waals surface area contributed by atoms with E-state index in [0.717, 1.165) is 21.9 Å². The summed E-state index contributed by atoms with van der Waals surface area (Å²) in [6.45, 7) is 0.321. The van der Waals surface area contributed by atoms with Gasteiger partial charge in [0.1, 0.15) is 11.9 Å². The molecule has 3 rings (SSSR count). The Morgan fingerprint density at radius 3 is 2.60 bits per heavy atom. The van der Waals surface area contributed by atoms with Gasteiger partial charge >= 0.3 is 0 Å². The van der Waals surface area contributed by atoms with E-state index < -0.39 is 11.4 Å². The van der Waals surface area contributed by atoms with Crippen LogP contribution in [-0.2, 0) is 4.79 Å². The highest BCUT2D eigenvalue weighted by Gasteiger charge is 2.37. The number of thioether (sulfide) groups is 1. The van der Waals surface area contributed by atoms with Crippen LogP contribution < -0.4 is 9.64 Å². The average molecular weight is 398 g/mol. The summed E-state index contributed by atoms with van der Waals surface area (Å²) in [6, 6.07) is 12.7. The Bertz CT molecular complexity index is 769. The van der Waals surface area contributed by atoms with E-state index in [2.05, 4.69) is 0 Å². The molecule has 0 spiro atoms. The van der Waals surface area contributed by atoms with Gasteiger partial charge in [0.25, 0.3) is 5.91 Å². The van der Waals surface area contributed by atoms with Crippen molar-refractivity contribution in [3.05, 3.63) is 53.1 Å². The van der Waals surface area contributed by atoms with Gasteiger partial charge in [0, 0.05) is 22.3 Å². The first-order valence-electron chi connectivity index (χ1n) is 7.70. The van der Waals surface area contributed by atoms with Crippen molar-refractivity contribution in [3.8, 4) is 5.75 Å². The number of aliphatic hydroxyl groups is 1. The first-order chi connectivity index (χ1) is 12.0. The highest BCUT2D eigenvalue weighted by molar-refractivity contribution is 7.99. The molecule has 0 aromatic heterocycles. The summed E-state index contributed by atoms with van der Waals surface area (Å²) in [4.78, 5) is 15.2. The van der Waals surface area contributed by atoms with Gasteiger partial charge in [-0.25, -0.2) is 0 Å². The van der Waals surface area contributed by atoms with E-state index in [-0.39, 0.29) is 11.8 Å². The van der Waals surface area contributed by atoms with E-state index in [1.807, 2.05) is 30.3 Å². The normalized spacial score (nSPS) is 20.2. The number of ether oxygens (including phenoxy) is 1. The fourth-order valence-corrected chi connectivity index (χ4v) is 4.49. The van der Waals surface area contributed by atoms with Crippen LogP contribution in [0.3, 0.4) is 0 Å². The summed E-state index contributed by atoms with van der Waals surface area (Å²) < 4.78 is 5.17. The van der Waals surface area contributed by atoms with Crippen LogP contribution in [0.5, 0.6) is 5.75 Å². The molecule has 0 radical (unpaired) electrons. The third kappa shape index (κ3) is 3.75. The summed E-state index contributed by atoms with van der Waals surface area (Å²) in [6.07, 6.45) is -1.19. The topological polar surface area (TPSA) is 49.8 Å². The zero-order valence-electron chi connectivity index (χ0n) is 13.5. The van der Waals surface area contributed by atoms with Crippen LogP contribution in [-0.4, -0.2) is 36.7 Å². The van der Waals surface area contributed by atoms with Gasteiger partial charge in [0.05, 0.1) is 18.0 Å². The number of methoxy groups -OCH3 is 1. The molecule has 1 aliphatic heterocycles. The average Bonchev–Trinajstić information content (AvgIpc) is 2.72. The highest BCUT2D eigenvalue weighted by Crippen LogP contribution is 2.46. The molecule has 0 bridgehead atoms. The predicted molar refractivity (Wildman–Crippen MR) is 102 cm³/mol. The first kappa shape index (κ1) is 18.4. The van der Waals surface area contributed by atoms with Gasteiger partial charge in [0.2, 0.25) is 0 Å². The minimum Gasteiger partial charge on any atom is -0.497 e. The zero-order chi connectivity index (χ0) is 18.0. The molecular weight excluding hydrogens is 381 g/mol. The van der Waals surface area contributed by atoms with E-state index >= 15 is 0 Å². The largest absolute Gasteiger partial charge is 0.497 e. The Kier molecular flexibility index (Phi) is 5.79. The molecule has 0 aliphatic carbocycles. The van der Waals surface area contributed by atoms with Crippen LogP contribution >= 0.6 is 35.0 Å². The minimum atomic E-state index is -1.19. The lowest BCUT2D eigenvalue weighted by Gasteiger charge is -2.24. The fraction of sp³-hybridized carbons (Fsp3) is 0.278. The fourth-order valence-electron chi connectivity index (χ4n) is 2.77. The van der Waals surface area contributed by atoms with Gasteiger partial charge in [-0.1, -0.05) is 23.7 Å². The molecule has 2 aromatic carbocycles. The van der Waals surface area contributed by atoms with Crippen molar-refractivity contribution in [2.24, 2.45) is 0 Å². The maximum Gasteiger partial charge on any atom is 0.257 e. The molecular formula is C18H17Cl2NO3S. The van der Waals surface area contributed by atoms with E-state index in [9.17, 15) is 9.90 Å². The van der Waals surface area contributed by atoms with E-state index in [0.29, 0.717) is 11.6 Å². The smallest absolute Gasteiger partial charge is 0.257 e. The number of hydrogen-bond acceptors (Lipinski definition) is 4. The monoisotopic (exact) mass is 397 g/mol. The second kappa shape index (κ2) is 7.87. The van der Waals surface area contributed by atoms with Gasteiger partial charge in [-0.2, -0.15) is 0 Å². The molecule has 2 atom stereocenters. The molecule has 132 valence electrons. The first-order valence-corrected chi connectivity index (χ1v) is 9.50. The second-order valence-electron chi connectivity index (χ2n) is 5.55.